The number of nitrogens with zero attached hydrogens (tertiary/aromatic N) is 1. The molecule has 0 saturated heterocycles. The van der Waals surface area contributed by atoms with Gasteiger partial charge in [-0.1, -0.05) is 30.3 Å². The number of benzene rings is 1. The van der Waals surface area contributed by atoms with E-state index in [1.807, 2.05) is 49.3 Å². The van der Waals surface area contributed by atoms with Crippen LogP contribution in [-0.2, 0) is 4.79 Å². The molecule has 0 aliphatic heterocycles. The van der Waals surface area contributed by atoms with Crippen molar-refractivity contribution in [3.8, 4) is 0 Å². The summed E-state index contributed by atoms with van der Waals surface area (Å²) in [6, 6.07) is 9.60. The summed E-state index contributed by atoms with van der Waals surface area (Å²) in [5.41, 5.74) is 6.98. The van der Waals surface area contributed by atoms with E-state index in [0.29, 0.717) is 13.1 Å². The molecule has 0 aliphatic carbocycles. The second kappa shape index (κ2) is 6.25. The summed E-state index contributed by atoms with van der Waals surface area (Å²) in [7, 11) is 3.72. The fourth-order valence-corrected chi connectivity index (χ4v) is 1.38. The quantitative estimate of drug-likeness (QED) is 0.755. The molecule has 1 rings (SSSR count). The molecule has 1 atom stereocenters. The molecule has 0 aromatic heterocycles. The van der Waals surface area contributed by atoms with E-state index < -0.39 is 0 Å². The maximum Gasteiger partial charge on any atom is 0.234 e. The third-order valence-electron chi connectivity index (χ3n) is 2.21. The first-order valence-electron chi connectivity index (χ1n) is 5.31. The Kier molecular flexibility index (Phi) is 4.95. The zero-order valence-electron chi connectivity index (χ0n) is 9.81. The summed E-state index contributed by atoms with van der Waals surface area (Å²) in [5, 5.41) is 2.81. The average molecular weight is 221 g/mol. The molecule has 4 heteroatoms. The monoisotopic (exact) mass is 221 g/mol. The van der Waals surface area contributed by atoms with Crippen molar-refractivity contribution in [2.45, 2.75) is 6.04 Å². The SMILES string of the molecule is CN(C)CC(=O)NCC(N)c1ccccc1. The van der Waals surface area contributed by atoms with Gasteiger partial charge in [0.25, 0.3) is 0 Å². The number of likely N-dealkylation sites (N-methyl/N-ethyl adjacent to an activating group) is 1. The van der Waals surface area contributed by atoms with Gasteiger partial charge in [-0.25, -0.2) is 0 Å². The standard InChI is InChI=1S/C12H19N3O/c1-15(2)9-12(16)14-8-11(13)10-6-4-3-5-7-10/h3-7,11H,8-9,13H2,1-2H3,(H,14,16). The lowest BCUT2D eigenvalue weighted by Gasteiger charge is -2.14. The van der Waals surface area contributed by atoms with Crippen LogP contribution in [0.15, 0.2) is 30.3 Å². The van der Waals surface area contributed by atoms with Gasteiger partial charge in [0.15, 0.2) is 0 Å². The van der Waals surface area contributed by atoms with Crippen molar-refractivity contribution in [3.05, 3.63) is 35.9 Å². The van der Waals surface area contributed by atoms with Crippen molar-refractivity contribution in [2.24, 2.45) is 5.73 Å². The molecule has 4 nitrogen and oxygen atoms in total. The van der Waals surface area contributed by atoms with Crippen molar-refractivity contribution in [1.29, 1.82) is 0 Å². The Morgan fingerprint density at radius 3 is 2.56 bits per heavy atom. The number of nitrogens with two attached hydrogens (primary N) is 1. The minimum absolute atomic E-state index is 0.00335. The molecule has 0 saturated carbocycles. The van der Waals surface area contributed by atoms with Crippen LogP contribution in [0.1, 0.15) is 11.6 Å². The smallest absolute Gasteiger partial charge is 0.234 e. The predicted octanol–water partition coefficient (Wildman–Crippen LogP) is 0.364. The Morgan fingerprint density at radius 2 is 2.00 bits per heavy atom. The van der Waals surface area contributed by atoms with E-state index in [2.05, 4.69) is 5.32 Å². The van der Waals surface area contributed by atoms with Gasteiger partial charge in [-0.3, -0.25) is 4.79 Å². The van der Waals surface area contributed by atoms with Gasteiger partial charge in [0.1, 0.15) is 0 Å². The summed E-state index contributed by atoms with van der Waals surface area (Å²) in [6.45, 7) is 0.859. The van der Waals surface area contributed by atoms with Crippen LogP contribution < -0.4 is 11.1 Å². The van der Waals surface area contributed by atoms with Gasteiger partial charge in [0.05, 0.1) is 6.54 Å². The zero-order chi connectivity index (χ0) is 12.0. The summed E-state index contributed by atoms with van der Waals surface area (Å²) in [6.07, 6.45) is 0. The van der Waals surface area contributed by atoms with Crippen molar-refractivity contribution in [2.75, 3.05) is 27.2 Å². The molecular formula is C12H19N3O. The van der Waals surface area contributed by atoms with Crippen LogP contribution in [0.2, 0.25) is 0 Å². The summed E-state index contributed by atoms with van der Waals surface area (Å²) < 4.78 is 0. The molecule has 0 radical (unpaired) electrons. The highest BCUT2D eigenvalue weighted by Gasteiger charge is 2.07. The molecule has 0 fully saturated rings. The highest BCUT2D eigenvalue weighted by Crippen LogP contribution is 2.07. The van der Waals surface area contributed by atoms with Gasteiger partial charge < -0.3 is 16.0 Å². The van der Waals surface area contributed by atoms with E-state index in [4.69, 9.17) is 5.73 Å². The number of nitrogens with one attached hydrogen (secondary N) is 1. The van der Waals surface area contributed by atoms with Crippen molar-refractivity contribution in [1.82, 2.24) is 10.2 Å². The normalized spacial score (nSPS) is 12.5. The van der Waals surface area contributed by atoms with Crippen molar-refractivity contribution in [3.63, 3.8) is 0 Å². The second-order valence-corrected chi connectivity index (χ2v) is 4.06. The first-order chi connectivity index (χ1) is 7.59. The van der Waals surface area contributed by atoms with Crippen LogP contribution in [0, 0.1) is 0 Å². The topological polar surface area (TPSA) is 58.4 Å². The Hall–Kier alpha value is -1.39. The number of amides is 1. The van der Waals surface area contributed by atoms with E-state index in [0.717, 1.165) is 5.56 Å². The minimum Gasteiger partial charge on any atom is -0.353 e. The number of rotatable bonds is 5. The maximum absolute atomic E-state index is 11.4. The molecule has 0 bridgehead atoms. The van der Waals surface area contributed by atoms with Gasteiger partial charge in [0.2, 0.25) is 5.91 Å². The van der Waals surface area contributed by atoms with E-state index in [1.54, 1.807) is 0 Å². The maximum atomic E-state index is 11.4. The van der Waals surface area contributed by atoms with Gasteiger partial charge >= 0.3 is 0 Å². The van der Waals surface area contributed by atoms with Crippen LogP contribution in [0.5, 0.6) is 0 Å². The first-order valence-corrected chi connectivity index (χ1v) is 5.31. The number of hydrogen-bond acceptors (Lipinski definition) is 3. The third-order valence-corrected chi connectivity index (χ3v) is 2.21. The highest BCUT2D eigenvalue weighted by molar-refractivity contribution is 5.77. The van der Waals surface area contributed by atoms with Crippen LogP contribution >= 0.6 is 0 Å². The van der Waals surface area contributed by atoms with E-state index in [1.165, 1.54) is 0 Å². The van der Waals surface area contributed by atoms with Gasteiger partial charge in [-0.2, -0.15) is 0 Å². The molecule has 0 spiro atoms. The summed E-state index contributed by atoms with van der Waals surface area (Å²) in [5.74, 6) is -0.00335. The van der Waals surface area contributed by atoms with E-state index in [9.17, 15) is 4.79 Å². The van der Waals surface area contributed by atoms with Crippen LogP contribution in [0.3, 0.4) is 0 Å². The molecule has 1 unspecified atom stereocenters. The lowest BCUT2D eigenvalue weighted by molar-refractivity contribution is -0.121. The van der Waals surface area contributed by atoms with Crippen LogP contribution in [-0.4, -0.2) is 38.0 Å². The Balaban J connectivity index is 2.36. The second-order valence-electron chi connectivity index (χ2n) is 4.06. The van der Waals surface area contributed by atoms with Crippen LogP contribution in [0.4, 0.5) is 0 Å². The predicted molar refractivity (Wildman–Crippen MR) is 64.9 cm³/mol. The number of hydrogen-bond donors (Lipinski definition) is 2. The molecule has 88 valence electrons. The fraction of sp³-hybridized carbons (Fsp3) is 0.417. The van der Waals surface area contributed by atoms with Gasteiger partial charge in [-0.15, -0.1) is 0 Å². The number of carbonyl (C=O) groups is 1. The van der Waals surface area contributed by atoms with E-state index in [-0.39, 0.29) is 11.9 Å². The summed E-state index contributed by atoms with van der Waals surface area (Å²) in [4.78, 5) is 13.2. The molecule has 1 aromatic carbocycles. The Bertz CT molecular complexity index is 324. The lowest BCUT2D eigenvalue weighted by atomic mass is 10.1. The van der Waals surface area contributed by atoms with Gasteiger partial charge in [0, 0.05) is 12.6 Å². The van der Waals surface area contributed by atoms with E-state index >= 15 is 0 Å². The molecule has 16 heavy (non-hydrogen) atoms. The van der Waals surface area contributed by atoms with Crippen molar-refractivity contribution >= 4 is 5.91 Å². The first kappa shape index (κ1) is 12.7. The zero-order valence-corrected chi connectivity index (χ0v) is 9.81. The largest absolute Gasteiger partial charge is 0.353 e. The Labute approximate surface area is 96.4 Å². The molecular weight excluding hydrogens is 202 g/mol. The Morgan fingerprint density at radius 1 is 1.38 bits per heavy atom. The number of carbonyl (C=O) groups excluding carboxylic acids is 1. The molecule has 3 N–H and O–H groups in total. The minimum atomic E-state index is -0.146. The lowest BCUT2D eigenvalue weighted by Crippen LogP contribution is -2.37. The molecule has 1 aromatic rings. The third kappa shape index (κ3) is 4.42. The molecule has 0 aliphatic rings. The summed E-state index contributed by atoms with van der Waals surface area (Å²) >= 11 is 0. The van der Waals surface area contributed by atoms with Crippen LogP contribution in [0.25, 0.3) is 0 Å². The molecule has 1 amide bonds. The highest BCUT2D eigenvalue weighted by atomic mass is 16.2. The van der Waals surface area contributed by atoms with Crippen molar-refractivity contribution < 1.29 is 4.79 Å². The average Bonchev–Trinajstić information content (AvgIpc) is 2.26. The molecule has 0 heterocycles. The van der Waals surface area contributed by atoms with Gasteiger partial charge in [-0.05, 0) is 19.7 Å². The fourth-order valence-electron chi connectivity index (χ4n) is 1.38.